The molecule has 1 heterocycles. The van der Waals surface area contributed by atoms with Gasteiger partial charge in [-0.15, -0.1) is 0 Å². The molecule has 0 saturated carbocycles. The molecule has 106 valence electrons. The van der Waals surface area contributed by atoms with Crippen LogP contribution in [0.5, 0.6) is 0 Å². The molecule has 0 radical (unpaired) electrons. The van der Waals surface area contributed by atoms with E-state index in [0.29, 0.717) is 12.1 Å². The molecule has 0 aliphatic carbocycles. The second kappa shape index (κ2) is 5.40. The summed E-state index contributed by atoms with van der Waals surface area (Å²) in [6, 6.07) is 15.9. The van der Waals surface area contributed by atoms with Crippen LogP contribution in [0.15, 0.2) is 54.6 Å². The van der Waals surface area contributed by atoms with Gasteiger partial charge in [-0.2, -0.15) is 0 Å². The fourth-order valence-electron chi connectivity index (χ4n) is 2.84. The van der Waals surface area contributed by atoms with Gasteiger partial charge in [-0.3, -0.25) is 9.59 Å². The van der Waals surface area contributed by atoms with Crippen LogP contribution in [0, 0.1) is 0 Å². The third-order valence-corrected chi connectivity index (χ3v) is 3.83. The zero-order valence-corrected chi connectivity index (χ0v) is 11.5. The van der Waals surface area contributed by atoms with E-state index >= 15 is 0 Å². The number of amides is 2. The molecular weight excluding hydrogens is 264 g/mol. The first-order valence-corrected chi connectivity index (χ1v) is 6.91. The van der Waals surface area contributed by atoms with Gasteiger partial charge in [0.25, 0.3) is 5.91 Å². The Hall–Kier alpha value is -2.62. The molecule has 0 saturated heterocycles. The van der Waals surface area contributed by atoms with E-state index in [1.807, 2.05) is 42.5 Å². The van der Waals surface area contributed by atoms with Gasteiger partial charge in [-0.05, 0) is 29.7 Å². The van der Waals surface area contributed by atoms with Gasteiger partial charge in [0.2, 0.25) is 5.91 Å². The molecule has 0 spiro atoms. The van der Waals surface area contributed by atoms with Crippen LogP contribution < -0.4 is 5.73 Å². The van der Waals surface area contributed by atoms with E-state index in [1.165, 1.54) is 0 Å². The molecule has 1 aliphatic rings. The van der Waals surface area contributed by atoms with Gasteiger partial charge in [-0.1, -0.05) is 42.5 Å². The van der Waals surface area contributed by atoms with E-state index < -0.39 is 11.9 Å². The second-order valence-electron chi connectivity index (χ2n) is 5.12. The Bertz CT molecular complexity index is 682. The highest BCUT2D eigenvalue weighted by Gasteiger charge is 2.34. The van der Waals surface area contributed by atoms with E-state index in [0.717, 1.165) is 17.5 Å². The molecule has 0 fully saturated rings. The van der Waals surface area contributed by atoms with Crippen molar-refractivity contribution in [1.82, 2.24) is 4.90 Å². The summed E-state index contributed by atoms with van der Waals surface area (Å²) in [7, 11) is 0. The zero-order chi connectivity index (χ0) is 14.8. The maximum Gasteiger partial charge on any atom is 0.254 e. The third kappa shape index (κ3) is 2.40. The summed E-state index contributed by atoms with van der Waals surface area (Å²) in [5.41, 5.74) is 8.04. The molecule has 0 aromatic heterocycles. The zero-order valence-electron chi connectivity index (χ0n) is 11.5. The smallest absolute Gasteiger partial charge is 0.254 e. The highest BCUT2D eigenvalue weighted by molar-refractivity contribution is 5.98. The molecule has 0 bridgehead atoms. The lowest BCUT2D eigenvalue weighted by atomic mass is 9.91. The van der Waals surface area contributed by atoms with Crippen LogP contribution >= 0.6 is 0 Å². The van der Waals surface area contributed by atoms with E-state index in [-0.39, 0.29) is 5.91 Å². The highest BCUT2D eigenvalue weighted by Crippen LogP contribution is 2.30. The summed E-state index contributed by atoms with van der Waals surface area (Å²) in [5, 5.41) is 0. The van der Waals surface area contributed by atoms with Crippen LogP contribution in [0.4, 0.5) is 0 Å². The molecule has 4 heteroatoms. The average Bonchev–Trinajstić information content (AvgIpc) is 2.53. The predicted octanol–water partition coefficient (Wildman–Crippen LogP) is 1.91. The highest BCUT2D eigenvalue weighted by atomic mass is 16.2. The third-order valence-electron chi connectivity index (χ3n) is 3.83. The number of nitrogens with zero attached hydrogens (tertiary/aromatic N) is 1. The minimum absolute atomic E-state index is 0.158. The van der Waals surface area contributed by atoms with Gasteiger partial charge in [0.05, 0.1) is 0 Å². The number of fused-ring (bicyclic) bond motifs is 1. The van der Waals surface area contributed by atoms with E-state index in [1.54, 1.807) is 17.0 Å². The molecule has 2 aromatic rings. The maximum absolute atomic E-state index is 12.6. The standard InChI is InChI=1S/C17H16N2O2/c18-16(20)15-14-9-5-4-6-12(14)10-11-19(15)17(21)13-7-2-1-3-8-13/h1-9,15H,10-11H2,(H2,18,20)/t15-/m1/s1. The maximum atomic E-state index is 12.6. The van der Waals surface area contributed by atoms with Gasteiger partial charge in [0.15, 0.2) is 0 Å². The number of hydrogen-bond acceptors (Lipinski definition) is 2. The summed E-state index contributed by atoms with van der Waals surface area (Å²) in [6.07, 6.45) is 0.735. The lowest BCUT2D eigenvalue weighted by molar-refractivity contribution is -0.123. The first-order valence-electron chi connectivity index (χ1n) is 6.91. The Morgan fingerprint density at radius 3 is 2.38 bits per heavy atom. The van der Waals surface area contributed by atoms with Crippen molar-refractivity contribution in [2.45, 2.75) is 12.5 Å². The Morgan fingerprint density at radius 1 is 1.00 bits per heavy atom. The molecule has 2 N–H and O–H groups in total. The van der Waals surface area contributed by atoms with Crippen molar-refractivity contribution in [3.05, 3.63) is 71.3 Å². The van der Waals surface area contributed by atoms with Crippen LogP contribution in [0.1, 0.15) is 27.5 Å². The number of carbonyl (C=O) groups is 2. The van der Waals surface area contributed by atoms with Crippen molar-refractivity contribution >= 4 is 11.8 Å². The lowest BCUT2D eigenvalue weighted by Gasteiger charge is -2.35. The van der Waals surface area contributed by atoms with Crippen LogP contribution in [-0.4, -0.2) is 23.3 Å². The van der Waals surface area contributed by atoms with Crippen molar-refractivity contribution in [1.29, 1.82) is 0 Å². The molecule has 4 nitrogen and oxygen atoms in total. The minimum atomic E-state index is -0.692. The van der Waals surface area contributed by atoms with Crippen molar-refractivity contribution in [3.63, 3.8) is 0 Å². The molecule has 3 rings (SSSR count). The van der Waals surface area contributed by atoms with Gasteiger partial charge >= 0.3 is 0 Å². The van der Waals surface area contributed by atoms with Gasteiger partial charge < -0.3 is 10.6 Å². The SMILES string of the molecule is NC(=O)[C@H]1c2ccccc2CCN1C(=O)c1ccccc1. The molecular formula is C17H16N2O2. The fourth-order valence-corrected chi connectivity index (χ4v) is 2.84. The fraction of sp³-hybridized carbons (Fsp3) is 0.176. The van der Waals surface area contributed by atoms with Crippen LogP contribution in [0.2, 0.25) is 0 Å². The number of hydrogen-bond donors (Lipinski definition) is 1. The number of rotatable bonds is 2. The molecule has 0 unspecified atom stereocenters. The Labute approximate surface area is 123 Å². The molecule has 1 aliphatic heterocycles. The van der Waals surface area contributed by atoms with E-state index in [4.69, 9.17) is 5.73 Å². The average molecular weight is 280 g/mol. The summed E-state index contributed by atoms with van der Waals surface area (Å²) in [4.78, 5) is 26.1. The quantitative estimate of drug-likeness (QED) is 0.913. The van der Waals surface area contributed by atoms with Crippen molar-refractivity contribution in [3.8, 4) is 0 Å². The number of primary amides is 1. The summed E-state index contributed by atoms with van der Waals surface area (Å²) >= 11 is 0. The summed E-state index contributed by atoms with van der Waals surface area (Å²) in [6.45, 7) is 0.498. The summed E-state index contributed by atoms with van der Waals surface area (Å²) in [5.74, 6) is -0.652. The first-order chi connectivity index (χ1) is 10.2. The molecule has 1 atom stereocenters. The van der Waals surface area contributed by atoms with E-state index in [2.05, 4.69) is 0 Å². The number of nitrogens with two attached hydrogens (primary N) is 1. The van der Waals surface area contributed by atoms with Crippen molar-refractivity contribution < 1.29 is 9.59 Å². The largest absolute Gasteiger partial charge is 0.368 e. The minimum Gasteiger partial charge on any atom is -0.368 e. The second-order valence-corrected chi connectivity index (χ2v) is 5.12. The van der Waals surface area contributed by atoms with Crippen LogP contribution in [0.25, 0.3) is 0 Å². The van der Waals surface area contributed by atoms with Gasteiger partial charge in [0.1, 0.15) is 6.04 Å². The molecule has 2 aromatic carbocycles. The molecule has 2 amide bonds. The Balaban J connectivity index is 2.00. The number of carbonyl (C=O) groups excluding carboxylic acids is 2. The van der Waals surface area contributed by atoms with Crippen LogP contribution in [0.3, 0.4) is 0 Å². The normalized spacial score (nSPS) is 17.1. The predicted molar refractivity (Wildman–Crippen MR) is 79.6 cm³/mol. The molecule has 21 heavy (non-hydrogen) atoms. The lowest BCUT2D eigenvalue weighted by Crippen LogP contribution is -2.45. The first kappa shape index (κ1) is 13.4. The van der Waals surface area contributed by atoms with E-state index in [9.17, 15) is 9.59 Å². The van der Waals surface area contributed by atoms with Crippen molar-refractivity contribution in [2.24, 2.45) is 5.73 Å². The summed E-state index contributed by atoms with van der Waals surface area (Å²) < 4.78 is 0. The van der Waals surface area contributed by atoms with Crippen molar-refractivity contribution in [2.75, 3.05) is 6.54 Å². The number of benzene rings is 2. The Kier molecular flexibility index (Phi) is 3.44. The van der Waals surface area contributed by atoms with Gasteiger partial charge in [0, 0.05) is 12.1 Å². The monoisotopic (exact) mass is 280 g/mol. The van der Waals surface area contributed by atoms with Crippen LogP contribution in [-0.2, 0) is 11.2 Å². The Morgan fingerprint density at radius 2 is 1.67 bits per heavy atom. The topological polar surface area (TPSA) is 63.4 Å². The van der Waals surface area contributed by atoms with Gasteiger partial charge in [-0.25, -0.2) is 0 Å².